The zero-order chi connectivity index (χ0) is 16.2. The lowest BCUT2D eigenvalue weighted by Crippen LogP contribution is -2.30. The van der Waals surface area contributed by atoms with Crippen molar-refractivity contribution in [2.45, 2.75) is 26.2 Å². The quantitative estimate of drug-likeness (QED) is 0.853. The molecule has 1 aliphatic rings. The van der Waals surface area contributed by atoms with Crippen molar-refractivity contribution in [2.75, 3.05) is 23.3 Å². The summed E-state index contributed by atoms with van der Waals surface area (Å²) < 4.78 is 0. The van der Waals surface area contributed by atoms with Gasteiger partial charge in [-0.3, -0.25) is 4.79 Å². The van der Waals surface area contributed by atoms with Gasteiger partial charge < -0.3 is 15.3 Å². The Hall–Kier alpha value is -2.56. The van der Waals surface area contributed by atoms with Crippen LogP contribution in [0.5, 0.6) is 5.75 Å². The number of amides is 1. The second-order valence-electron chi connectivity index (χ2n) is 5.90. The minimum absolute atomic E-state index is 0.167. The third kappa shape index (κ3) is 3.62. The molecule has 0 aliphatic carbocycles. The smallest absolute Gasteiger partial charge is 0.255 e. The summed E-state index contributed by atoms with van der Waals surface area (Å²) in [6, 6.07) is 8.46. The SMILES string of the molecule is Cc1cc(O)ccc1NC(=O)c1ccnc(N2CCCCC2)c1. The molecule has 1 aromatic carbocycles. The van der Waals surface area contributed by atoms with Crippen molar-refractivity contribution in [2.24, 2.45) is 0 Å². The number of rotatable bonds is 3. The minimum Gasteiger partial charge on any atom is -0.508 e. The Labute approximate surface area is 136 Å². The highest BCUT2D eigenvalue weighted by molar-refractivity contribution is 6.05. The van der Waals surface area contributed by atoms with Crippen LogP contribution >= 0.6 is 0 Å². The topological polar surface area (TPSA) is 65.5 Å². The van der Waals surface area contributed by atoms with Crippen molar-refractivity contribution in [3.8, 4) is 5.75 Å². The van der Waals surface area contributed by atoms with Gasteiger partial charge in [-0.25, -0.2) is 4.98 Å². The van der Waals surface area contributed by atoms with Crippen molar-refractivity contribution < 1.29 is 9.90 Å². The highest BCUT2D eigenvalue weighted by Gasteiger charge is 2.15. The van der Waals surface area contributed by atoms with Gasteiger partial charge in [0.2, 0.25) is 0 Å². The predicted octanol–water partition coefficient (Wildman–Crippen LogP) is 3.34. The summed E-state index contributed by atoms with van der Waals surface area (Å²) in [4.78, 5) is 19.1. The Balaban J connectivity index is 1.76. The van der Waals surface area contributed by atoms with Gasteiger partial charge in [-0.05, 0) is 62.1 Å². The van der Waals surface area contributed by atoms with Gasteiger partial charge >= 0.3 is 0 Å². The zero-order valence-electron chi connectivity index (χ0n) is 13.2. The molecule has 5 nitrogen and oxygen atoms in total. The summed E-state index contributed by atoms with van der Waals surface area (Å²) in [5.74, 6) is 0.885. The van der Waals surface area contributed by atoms with Crippen LogP contribution in [0, 0.1) is 6.92 Å². The number of nitrogens with zero attached hydrogens (tertiary/aromatic N) is 2. The number of anilines is 2. The van der Waals surface area contributed by atoms with E-state index in [2.05, 4.69) is 15.2 Å². The van der Waals surface area contributed by atoms with Crippen LogP contribution in [0.3, 0.4) is 0 Å². The van der Waals surface area contributed by atoms with E-state index in [1.54, 1.807) is 30.5 Å². The summed E-state index contributed by atoms with van der Waals surface area (Å²) >= 11 is 0. The molecule has 1 saturated heterocycles. The molecule has 0 atom stereocenters. The summed E-state index contributed by atoms with van der Waals surface area (Å²) in [5, 5.41) is 12.3. The van der Waals surface area contributed by atoms with Crippen molar-refractivity contribution in [1.82, 2.24) is 4.98 Å². The van der Waals surface area contributed by atoms with E-state index in [0.717, 1.165) is 24.5 Å². The molecule has 0 unspecified atom stereocenters. The minimum atomic E-state index is -0.167. The van der Waals surface area contributed by atoms with Gasteiger partial charge in [0, 0.05) is 30.5 Å². The molecule has 3 rings (SSSR count). The third-order valence-corrected chi connectivity index (χ3v) is 4.15. The molecule has 120 valence electrons. The molecule has 0 radical (unpaired) electrons. The Morgan fingerprint density at radius 1 is 1.17 bits per heavy atom. The summed E-state index contributed by atoms with van der Waals surface area (Å²) in [6.45, 7) is 3.84. The maximum absolute atomic E-state index is 12.5. The van der Waals surface area contributed by atoms with Crippen LogP contribution in [-0.2, 0) is 0 Å². The normalized spacial score (nSPS) is 14.6. The second-order valence-corrected chi connectivity index (χ2v) is 5.90. The number of carbonyl (C=O) groups is 1. The molecule has 0 saturated carbocycles. The number of nitrogens with one attached hydrogen (secondary N) is 1. The van der Waals surface area contributed by atoms with Crippen molar-refractivity contribution >= 4 is 17.4 Å². The standard InChI is InChI=1S/C18H21N3O2/c1-13-11-15(22)5-6-16(13)20-18(23)14-7-8-19-17(12-14)21-9-3-2-4-10-21/h5-8,11-12,22H,2-4,9-10H2,1H3,(H,20,23). The predicted molar refractivity (Wildman–Crippen MR) is 91.1 cm³/mol. The lowest BCUT2D eigenvalue weighted by molar-refractivity contribution is 0.102. The lowest BCUT2D eigenvalue weighted by Gasteiger charge is -2.27. The molecule has 1 fully saturated rings. The number of carbonyl (C=O) groups excluding carboxylic acids is 1. The van der Waals surface area contributed by atoms with E-state index >= 15 is 0 Å². The van der Waals surface area contributed by atoms with Crippen LogP contribution in [0.2, 0.25) is 0 Å². The first-order chi connectivity index (χ1) is 11.1. The molecule has 1 aliphatic heterocycles. The molecule has 2 aromatic rings. The monoisotopic (exact) mass is 311 g/mol. The van der Waals surface area contributed by atoms with E-state index in [1.807, 2.05) is 13.0 Å². The third-order valence-electron chi connectivity index (χ3n) is 4.15. The van der Waals surface area contributed by atoms with E-state index in [4.69, 9.17) is 0 Å². The van der Waals surface area contributed by atoms with Gasteiger partial charge in [-0.2, -0.15) is 0 Å². The summed E-state index contributed by atoms with van der Waals surface area (Å²) in [6.07, 6.45) is 5.29. The first-order valence-corrected chi connectivity index (χ1v) is 7.95. The maximum atomic E-state index is 12.5. The van der Waals surface area contributed by atoms with Gasteiger partial charge in [-0.1, -0.05) is 0 Å². The number of aromatic hydroxyl groups is 1. The van der Waals surface area contributed by atoms with E-state index in [1.165, 1.54) is 19.3 Å². The van der Waals surface area contributed by atoms with Crippen LogP contribution in [0.4, 0.5) is 11.5 Å². The van der Waals surface area contributed by atoms with Gasteiger partial charge in [0.05, 0.1) is 0 Å². The molecule has 0 bridgehead atoms. The first kappa shape index (κ1) is 15.3. The van der Waals surface area contributed by atoms with Gasteiger partial charge in [0.1, 0.15) is 11.6 Å². The average Bonchev–Trinajstić information content (AvgIpc) is 2.58. The van der Waals surface area contributed by atoms with Crippen LogP contribution in [0.1, 0.15) is 35.2 Å². The van der Waals surface area contributed by atoms with Crippen LogP contribution in [0.15, 0.2) is 36.5 Å². The average molecular weight is 311 g/mol. The molecular formula is C18H21N3O2. The number of pyridine rings is 1. The van der Waals surface area contributed by atoms with Gasteiger partial charge in [-0.15, -0.1) is 0 Å². The van der Waals surface area contributed by atoms with Crippen LogP contribution in [-0.4, -0.2) is 29.1 Å². The Morgan fingerprint density at radius 3 is 2.70 bits per heavy atom. The second kappa shape index (κ2) is 6.69. The van der Waals surface area contributed by atoms with Crippen LogP contribution in [0.25, 0.3) is 0 Å². The van der Waals surface area contributed by atoms with E-state index in [-0.39, 0.29) is 11.7 Å². The van der Waals surface area contributed by atoms with Crippen molar-refractivity contribution in [1.29, 1.82) is 0 Å². The number of aromatic nitrogens is 1. The Kier molecular flexibility index (Phi) is 4.46. The number of benzene rings is 1. The number of phenols is 1. The number of hydrogen-bond acceptors (Lipinski definition) is 4. The van der Waals surface area contributed by atoms with Gasteiger partial charge in [0.15, 0.2) is 0 Å². The van der Waals surface area contributed by atoms with Crippen molar-refractivity contribution in [3.05, 3.63) is 47.7 Å². The zero-order valence-corrected chi connectivity index (χ0v) is 13.2. The maximum Gasteiger partial charge on any atom is 0.255 e. The molecule has 1 amide bonds. The molecule has 5 heteroatoms. The van der Waals surface area contributed by atoms with E-state index < -0.39 is 0 Å². The molecule has 1 aromatic heterocycles. The number of phenolic OH excluding ortho intramolecular Hbond substituents is 1. The number of hydrogen-bond donors (Lipinski definition) is 2. The summed E-state index contributed by atoms with van der Waals surface area (Å²) in [7, 11) is 0. The van der Waals surface area contributed by atoms with E-state index in [0.29, 0.717) is 11.3 Å². The molecule has 2 N–H and O–H groups in total. The van der Waals surface area contributed by atoms with Gasteiger partial charge in [0.25, 0.3) is 5.91 Å². The lowest BCUT2D eigenvalue weighted by atomic mass is 10.1. The first-order valence-electron chi connectivity index (χ1n) is 7.95. The number of aryl methyl sites for hydroxylation is 1. The summed E-state index contributed by atoms with van der Waals surface area (Å²) in [5.41, 5.74) is 2.11. The highest BCUT2D eigenvalue weighted by atomic mass is 16.3. The largest absolute Gasteiger partial charge is 0.508 e. The van der Waals surface area contributed by atoms with E-state index in [9.17, 15) is 9.90 Å². The van der Waals surface area contributed by atoms with Crippen molar-refractivity contribution in [3.63, 3.8) is 0 Å². The van der Waals surface area contributed by atoms with Crippen LogP contribution < -0.4 is 10.2 Å². The molecular weight excluding hydrogens is 290 g/mol. The molecule has 0 spiro atoms. The molecule has 23 heavy (non-hydrogen) atoms. The highest BCUT2D eigenvalue weighted by Crippen LogP contribution is 2.22. The molecule has 2 heterocycles. The fourth-order valence-electron chi connectivity index (χ4n) is 2.84. The fraction of sp³-hybridized carbons (Fsp3) is 0.333. The Bertz CT molecular complexity index is 709. The fourth-order valence-corrected chi connectivity index (χ4v) is 2.84. The Morgan fingerprint density at radius 2 is 1.96 bits per heavy atom. The number of piperidine rings is 1.